The molecular weight excluding hydrogens is 418 g/mol. The van der Waals surface area contributed by atoms with E-state index in [4.69, 9.17) is 9.47 Å². The van der Waals surface area contributed by atoms with Crippen molar-refractivity contribution in [2.45, 2.75) is 52.7 Å². The van der Waals surface area contributed by atoms with E-state index < -0.39 is 35.0 Å². The summed E-state index contributed by atoms with van der Waals surface area (Å²) in [6.45, 7) is 9.81. The summed E-state index contributed by atoms with van der Waals surface area (Å²) in [5, 5.41) is 0. The maximum atomic E-state index is 14.3. The number of amides is 2. The largest absolute Gasteiger partial charge is 0.443 e. The number of hydrogen-bond acceptors (Lipinski definition) is 5. The fourth-order valence-electron chi connectivity index (χ4n) is 1.43. The number of hydrogen-bond donors (Lipinski definition) is 0. The standard InChI is InChI=1S/C15H20FIN2O4/c1-14(2,3)22-12(20)19(13(21)23-15(4,5)6)11-10(16)9(17)7-8-18-11/h7-8H,1-6H3. The van der Waals surface area contributed by atoms with Gasteiger partial charge < -0.3 is 9.47 Å². The molecule has 128 valence electrons. The number of pyridine rings is 1. The van der Waals surface area contributed by atoms with Crippen molar-refractivity contribution >= 4 is 40.6 Å². The first kappa shape index (κ1) is 19.6. The predicted molar refractivity (Wildman–Crippen MR) is 91.9 cm³/mol. The van der Waals surface area contributed by atoms with E-state index in [1.54, 1.807) is 64.1 Å². The average molecular weight is 438 g/mol. The van der Waals surface area contributed by atoms with Crippen LogP contribution in [0.3, 0.4) is 0 Å². The van der Waals surface area contributed by atoms with Crippen molar-refractivity contribution in [2.24, 2.45) is 0 Å². The normalized spacial score (nSPS) is 11.8. The van der Waals surface area contributed by atoms with Crippen molar-refractivity contribution in [2.75, 3.05) is 4.90 Å². The molecule has 2 amide bonds. The summed E-state index contributed by atoms with van der Waals surface area (Å²) in [5.41, 5.74) is -1.73. The third-order valence-corrected chi connectivity index (χ3v) is 3.02. The van der Waals surface area contributed by atoms with Crippen molar-refractivity contribution in [1.82, 2.24) is 4.98 Å². The molecule has 0 saturated heterocycles. The summed E-state index contributed by atoms with van der Waals surface area (Å²) in [6, 6.07) is 1.42. The summed E-state index contributed by atoms with van der Waals surface area (Å²) >= 11 is 1.74. The Morgan fingerprint density at radius 3 is 1.91 bits per heavy atom. The molecule has 1 rings (SSSR count). The molecule has 0 aliphatic heterocycles. The van der Waals surface area contributed by atoms with Crippen LogP contribution in [0.2, 0.25) is 0 Å². The zero-order valence-electron chi connectivity index (χ0n) is 13.9. The summed E-state index contributed by atoms with van der Waals surface area (Å²) in [5.74, 6) is -1.26. The van der Waals surface area contributed by atoms with E-state index in [0.717, 1.165) is 0 Å². The number of aromatic nitrogens is 1. The highest BCUT2D eigenvalue weighted by Gasteiger charge is 2.35. The second-order valence-electron chi connectivity index (χ2n) is 6.73. The summed E-state index contributed by atoms with van der Waals surface area (Å²) in [4.78, 5) is 28.9. The predicted octanol–water partition coefficient (Wildman–Crippen LogP) is 4.50. The van der Waals surface area contributed by atoms with E-state index in [1.807, 2.05) is 0 Å². The first-order valence-corrected chi connectivity index (χ1v) is 7.96. The molecule has 0 N–H and O–H groups in total. The number of carbonyl (C=O) groups is 2. The monoisotopic (exact) mass is 438 g/mol. The SMILES string of the molecule is CC(C)(C)OC(=O)N(C(=O)OC(C)(C)C)c1nccc(I)c1F. The van der Waals surface area contributed by atoms with Crippen molar-refractivity contribution in [3.63, 3.8) is 0 Å². The van der Waals surface area contributed by atoms with Crippen LogP contribution in [-0.2, 0) is 9.47 Å². The van der Waals surface area contributed by atoms with E-state index >= 15 is 0 Å². The third-order valence-electron chi connectivity index (χ3n) is 2.19. The van der Waals surface area contributed by atoms with E-state index in [0.29, 0.717) is 4.90 Å². The van der Waals surface area contributed by atoms with Crippen molar-refractivity contribution < 1.29 is 23.5 Å². The Labute approximate surface area is 148 Å². The van der Waals surface area contributed by atoms with Crippen LogP contribution in [0.25, 0.3) is 0 Å². The fraction of sp³-hybridized carbons (Fsp3) is 0.533. The Morgan fingerprint density at radius 2 is 1.52 bits per heavy atom. The second kappa shape index (κ2) is 6.98. The Kier molecular flexibility index (Phi) is 5.95. The maximum Gasteiger partial charge on any atom is 0.425 e. The second-order valence-corrected chi connectivity index (χ2v) is 7.89. The van der Waals surface area contributed by atoms with Crippen LogP contribution in [0.1, 0.15) is 41.5 Å². The smallest absolute Gasteiger partial charge is 0.425 e. The van der Waals surface area contributed by atoms with Crippen LogP contribution in [0, 0.1) is 9.39 Å². The van der Waals surface area contributed by atoms with E-state index in [1.165, 1.54) is 12.3 Å². The first-order valence-electron chi connectivity index (χ1n) is 6.88. The lowest BCUT2D eigenvalue weighted by atomic mass is 10.2. The molecule has 0 aliphatic carbocycles. The zero-order valence-corrected chi connectivity index (χ0v) is 16.1. The Hall–Kier alpha value is -1.45. The maximum absolute atomic E-state index is 14.3. The van der Waals surface area contributed by atoms with Gasteiger partial charge in [-0.15, -0.1) is 0 Å². The van der Waals surface area contributed by atoms with Crippen molar-refractivity contribution in [3.05, 3.63) is 21.7 Å². The van der Waals surface area contributed by atoms with Gasteiger partial charge in [0.1, 0.15) is 11.2 Å². The van der Waals surface area contributed by atoms with Crippen molar-refractivity contribution in [1.29, 1.82) is 0 Å². The fourth-order valence-corrected chi connectivity index (χ4v) is 1.83. The minimum Gasteiger partial charge on any atom is -0.443 e. The summed E-state index contributed by atoms with van der Waals surface area (Å²) in [6.07, 6.45) is -0.817. The molecule has 0 fully saturated rings. The van der Waals surface area contributed by atoms with E-state index in [2.05, 4.69) is 4.98 Å². The van der Waals surface area contributed by atoms with Crippen molar-refractivity contribution in [3.8, 4) is 0 Å². The lowest BCUT2D eigenvalue weighted by Crippen LogP contribution is -2.44. The molecule has 0 saturated carbocycles. The third kappa shape index (κ3) is 5.92. The highest BCUT2D eigenvalue weighted by Crippen LogP contribution is 2.25. The van der Waals surface area contributed by atoms with Gasteiger partial charge in [-0.05, 0) is 70.2 Å². The van der Waals surface area contributed by atoms with Gasteiger partial charge in [0.15, 0.2) is 11.6 Å². The molecule has 0 unspecified atom stereocenters. The van der Waals surface area contributed by atoms with Gasteiger partial charge in [0.25, 0.3) is 0 Å². The van der Waals surface area contributed by atoms with Gasteiger partial charge in [0.05, 0.1) is 3.57 Å². The minimum atomic E-state index is -1.06. The molecular formula is C15H20FIN2O4. The molecule has 1 aromatic heterocycles. The molecule has 23 heavy (non-hydrogen) atoms. The number of ether oxygens (including phenoxy) is 2. The molecule has 1 aromatic rings. The van der Waals surface area contributed by atoms with Crippen LogP contribution in [0.4, 0.5) is 19.8 Å². The van der Waals surface area contributed by atoms with Crippen LogP contribution in [-0.4, -0.2) is 28.4 Å². The molecule has 0 radical (unpaired) electrons. The summed E-state index contributed by atoms with van der Waals surface area (Å²) in [7, 11) is 0. The minimum absolute atomic E-state index is 0.213. The van der Waals surface area contributed by atoms with E-state index in [-0.39, 0.29) is 3.57 Å². The average Bonchev–Trinajstić information content (AvgIpc) is 2.30. The molecule has 0 spiro atoms. The number of anilines is 1. The van der Waals surface area contributed by atoms with Gasteiger partial charge >= 0.3 is 12.2 Å². The molecule has 1 heterocycles. The Morgan fingerprint density at radius 1 is 1.09 bits per heavy atom. The molecule has 0 aromatic carbocycles. The topological polar surface area (TPSA) is 68.7 Å². The number of halogens is 2. The van der Waals surface area contributed by atoms with Gasteiger partial charge in [-0.3, -0.25) is 0 Å². The highest BCUT2D eigenvalue weighted by molar-refractivity contribution is 14.1. The summed E-state index contributed by atoms with van der Waals surface area (Å²) < 4.78 is 24.8. The zero-order chi connectivity index (χ0) is 18.0. The number of nitrogens with zero attached hydrogens (tertiary/aromatic N) is 2. The molecule has 6 nitrogen and oxygen atoms in total. The lowest BCUT2D eigenvalue weighted by Gasteiger charge is -2.28. The van der Waals surface area contributed by atoms with Gasteiger partial charge in [-0.25, -0.2) is 19.0 Å². The lowest BCUT2D eigenvalue weighted by molar-refractivity contribution is 0.0427. The number of carbonyl (C=O) groups excluding carboxylic acids is 2. The Bertz CT molecular complexity index is 580. The van der Waals surface area contributed by atoms with Crippen LogP contribution in [0.5, 0.6) is 0 Å². The van der Waals surface area contributed by atoms with Gasteiger partial charge in [-0.1, -0.05) is 0 Å². The molecule has 8 heteroatoms. The molecule has 0 atom stereocenters. The number of rotatable bonds is 1. The van der Waals surface area contributed by atoms with Crippen LogP contribution >= 0.6 is 22.6 Å². The van der Waals surface area contributed by atoms with E-state index in [9.17, 15) is 14.0 Å². The van der Waals surface area contributed by atoms with Crippen LogP contribution < -0.4 is 4.90 Å². The van der Waals surface area contributed by atoms with Gasteiger partial charge in [-0.2, -0.15) is 4.90 Å². The van der Waals surface area contributed by atoms with Gasteiger partial charge in [0.2, 0.25) is 0 Å². The quantitative estimate of drug-likeness (QED) is 0.604. The van der Waals surface area contributed by atoms with Crippen LogP contribution in [0.15, 0.2) is 12.3 Å². The first-order chi connectivity index (χ1) is 10.3. The number of imide groups is 1. The van der Waals surface area contributed by atoms with Gasteiger partial charge in [0, 0.05) is 6.20 Å². The molecule has 0 bridgehead atoms. The highest BCUT2D eigenvalue weighted by atomic mass is 127. The Balaban J connectivity index is 3.29. The molecule has 0 aliphatic rings.